The van der Waals surface area contributed by atoms with Crippen molar-refractivity contribution in [2.75, 3.05) is 31.1 Å². The minimum atomic E-state index is -0.233. The minimum Gasteiger partial charge on any atom is -0.466 e. The highest BCUT2D eigenvalue weighted by Gasteiger charge is 2.34. The zero-order chi connectivity index (χ0) is 19.4. The van der Waals surface area contributed by atoms with Crippen LogP contribution in [0.1, 0.15) is 26.2 Å². The zero-order valence-corrected chi connectivity index (χ0v) is 16.1. The van der Waals surface area contributed by atoms with Gasteiger partial charge in [0.2, 0.25) is 5.91 Å². The highest BCUT2D eigenvalue weighted by atomic mass is 35.5. The maximum Gasteiger partial charge on any atom is 0.317 e. The third kappa shape index (κ3) is 4.71. The predicted octanol–water partition coefficient (Wildman–Crippen LogP) is 2.43. The van der Waals surface area contributed by atoms with E-state index in [4.69, 9.17) is 16.3 Å². The molecule has 3 amide bonds. The molecule has 0 bridgehead atoms. The molecule has 0 radical (unpaired) electrons. The molecule has 1 atom stereocenters. The van der Waals surface area contributed by atoms with E-state index in [9.17, 15) is 14.4 Å². The summed E-state index contributed by atoms with van der Waals surface area (Å²) in [6, 6.07) is 6.65. The third-order valence-electron chi connectivity index (χ3n) is 4.99. The summed E-state index contributed by atoms with van der Waals surface area (Å²) in [5.74, 6) is -0.344. The van der Waals surface area contributed by atoms with E-state index in [1.54, 1.807) is 41.0 Å². The first-order valence-electron chi connectivity index (χ1n) is 9.26. The summed E-state index contributed by atoms with van der Waals surface area (Å²) in [5.41, 5.74) is 0.774. The number of hydrogen-bond donors (Lipinski definition) is 1. The second-order valence-electron chi connectivity index (χ2n) is 6.84. The Balaban J connectivity index is 1.50. The molecular weight excluding hydrogens is 370 g/mol. The lowest BCUT2D eigenvalue weighted by atomic mass is 9.97. The molecule has 3 rings (SSSR count). The fourth-order valence-electron chi connectivity index (χ4n) is 3.52. The molecule has 2 fully saturated rings. The Morgan fingerprint density at radius 2 is 1.89 bits per heavy atom. The Bertz CT molecular complexity index is 701. The van der Waals surface area contributed by atoms with Gasteiger partial charge in [0.1, 0.15) is 0 Å². The van der Waals surface area contributed by atoms with Gasteiger partial charge in [0.05, 0.1) is 18.6 Å². The van der Waals surface area contributed by atoms with E-state index < -0.39 is 0 Å². The van der Waals surface area contributed by atoms with Crippen molar-refractivity contribution in [1.29, 1.82) is 0 Å². The molecule has 0 unspecified atom stereocenters. The van der Waals surface area contributed by atoms with Crippen LogP contribution in [0, 0.1) is 5.92 Å². The van der Waals surface area contributed by atoms with Gasteiger partial charge in [-0.25, -0.2) is 4.79 Å². The predicted molar refractivity (Wildman–Crippen MR) is 102 cm³/mol. The van der Waals surface area contributed by atoms with Crippen LogP contribution in [0.5, 0.6) is 0 Å². The van der Waals surface area contributed by atoms with Gasteiger partial charge >= 0.3 is 12.0 Å². The number of carbonyl (C=O) groups excluding carboxylic acids is 3. The number of ether oxygens (including phenoxy) is 1. The monoisotopic (exact) mass is 393 g/mol. The molecule has 2 aliphatic rings. The molecule has 0 aromatic heterocycles. The van der Waals surface area contributed by atoms with Gasteiger partial charge in [0.25, 0.3) is 0 Å². The molecule has 0 spiro atoms. The van der Waals surface area contributed by atoms with Gasteiger partial charge < -0.3 is 19.9 Å². The number of benzene rings is 1. The summed E-state index contributed by atoms with van der Waals surface area (Å²) in [6.07, 6.45) is 1.48. The van der Waals surface area contributed by atoms with Crippen LogP contribution in [0.3, 0.4) is 0 Å². The van der Waals surface area contributed by atoms with Crippen LogP contribution in [-0.2, 0) is 14.3 Å². The average molecular weight is 394 g/mol. The van der Waals surface area contributed by atoms with Crippen molar-refractivity contribution in [3.05, 3.63) is 29.3 Å². The number of hydrogen-bond acceptors (Lipinski definition) is 4. The number of likely N-dealkylation sites (tertiary alicyclic amines) is 1. The average Bonchev–Trinajstić information content (AvgIpc) is 3.02. The fraction of sp³-hybridized carbons (Fsp3) is 0.526. The number of halogens is 1. The number of anilines is 1. The Hall–Kier alpha value is -2.28. The molecule has 2 heterocycles. The van der Waals surface area contributed by atoms with Crippen LogP contribution >= 0.6 is 11.6 Å². The highest BCUT2D eigenvalue weighted by molar-refractivity contribution is 6.30. The number of esters is 1. The first kappa shape index (κ1) is 19.5. The van der Waals surface area contributed by atoms with Crippen molar-refractivity contribution < 1.29 is 19.1 Å². The van der Waals surface area contributed by atoms with E-state index in [2.05, 4.69) is 5.32 Å². The molecule has 8 heteroatoms. The first-order chi connectivity index (χ1) is 13.0. The lowest BCUT2D eigenvalue weighted by molar-refractivity contribution is -0.149. The van der Waals surface area contributed by atoms with E-state index in [0.29, 0.717) is 44.1 Å². The molecule has 27 heavy (non-hydrogen) atoms. The van der Waals surface area contributed by atoms with Crippen LogP contribution in [-0.4, -0.2) is 55.1 Å². The summed E-state index contributed by atoms with van der Waals surface area (Å²) < 4.78 is 5.05. The number of carbonyl (C=O) groups is 3. The van der Waals surface area contributed by atoms with E-state index in [0.717, 1.165) is 5.69 Å². The standard InChI is InChI=1S/C19H24ClN3O4/c1-2-27-18(25)13-7-9-22(10-8-13)19(26)21-15-11-17(24)23(12-15)16-5-3-14(20)4-6-16/h3-6,13,15H,2,7-12H2,1H3,(H,21,26)/t15-/m1/s1. The van der Waals surface area contributed by atoms with Crippen LogP contribution in [0.15, 0.2) is 24.3 Å². The molecule has 7 nitrogen and oxygen atoms in total. The van der Waals surface area contributed by atoms with E-state index in [-0.39, 0.29) is 36.3 Å². The van der Waals surface area contributed by atoms with Crippen molar-refractivity contribution in [1.82, 2.24) is 10.2 Å². The Labute approximate surface area is 163 Å². The van der Waals surface area contributed by atoms with E-state index in [1.807, 2.05) is 0 Å². The third-order valence-corrected chi connectivity index (χ3v) is 5.25. The number of nitrogens with zero attached hydrogens (tertiary/aromatic N) is 2. The lowest BCUT2D eigenvalue weighted by Crippen LogP contribution is -2.49. The van der Waals surface area contributed by atoms with Gasteiger partial charge in [-0.3, -0.25) is 9.59 Å². The summed E-state index contributed by atoms with van der Waals surface area (Å²) in [6.45, 7) is 3.62. The number of urea groups is 1. The lowest BCUT2D eigenvalue weighted by Gasteiger charge is -2.31. The fourth-order valence-corrected chi connectivity index (χ4v) is 3.65. The van der Waals surface area contributed by atoms with Crippen LogP contribution < -0.4 is 10.2 Å². The Morgan fingerprint density at radius 3 is 2.52 bits per heavy atom. The topological polar surface area (TPSA) is 79.0 Å². The van der Waals surface area contributed by atoms with Gasteiger partial charge in [-0.2, -0.15) is 0 Å². The van der Waals surface area contributed by atoms with Gasteiger partial charge in [-0.1, -0.05) is 11.6 Å². The molecule has 1 N–H and O–H groups in total. The first-order valence-corrected chi connectivity index (χ1v) is 9.63. The zero-order valence-electron chi connectivity index (χ0n) is 15.3. The molecule has 0 saturated carbocycles. The molecule has 1 aromatic carbocycles. The van der Waals surface area contributed by atoms with Crippen molar-refractivity contribution in [2.45, 2.75) is 32.2 Å². The number of nitrogens with one attached hydrogen (secondary N) is 1. The number of amides is 3. The SMILES string of the molecule is CCOC(=O)C1CCN(C(=O)N[C@@H]2CC(=O)N(c3ccc(Cl)cc3)C2)CC1. The van der Waals surface area contributed by atoms with Crippen LogP contribution in [0.4, 0.5) is 10.5 Å². The second-order valence-corrected chi connectivity index (χ2v) is 7.28. The van der Waals surface area contributed by atoms with Gasteiger partial charge in [-0.05, 0) is 44.0 Å². The molecular formula is C19H24ClN3O4. The highest BCUT2D eigenvalue weighted by Crippen LogP contribution is 2.24. The van der Waals surface area contributed by atoms with Gasteiger partial charge in [0, 0.05) is 36.8 Å². The summed E-state index contributed by atoms with van der Waals surface area (Å²) in [5, 5.41) is 3.55. The minimum absolute atomic E-state index is 0.0244. The van der Waals surface area contributed by atoms with Crippen molar-refractivity contribution >= 4 is 35.2 Å². The summed E-state index contributed by atoms with van der Waals surface area (Å²) in [7, 11) is 0. The molecule has 1 aromatic rings. The quantitative estimate of drug-likeness (QED) is 0.797. The Morgan fingerprint density at radius 1 is 1.22 bits per heavy atom. The van der Waals surface area contributed by atoms with Crippen molar-refractivity contribution in [3.8, 4) is 0 Å². The van der Waals surface area contributed by atoms with Gasteiger partial charge in [0.15, 0.2) is 0 Å². The van der Waals surface area contributed by atoms with Crippen molar-refractivity contribution in [3.63, 3.8) is 0 Å². The smallest absolute Gasteiger partial charge is 0.317 e. The maximum absolute atomic E-state index is 12.5. The molecule has 0 aliphatic carbocycles. The van der Waals surface area contributed by atoms with E-state index in [1.165, 1.54) is 0 Å². The molecule has 2 aliphatic heterocycles. The summed E-state index contributed by atoms with van der Waals surface area (Å²) >= 11 is 5.89. The normalized spacial score (nSPS) is 20.7. The maximum atomic E-state index is 12.5. The largest absolute Gasteiger partial charge is 0.466 e. The van der Waals surface area contributed by atoms with Crippen molar-refractivity contribution in [2.24, 2.45) is 5.92 Å². The second kappa shape index (κ2) is 8.61. The van der Waals surface area contributed by atoms with Crippen LogP contribution in [0.2, 0.25) is 5.02 Å². The number of piperidine rings is 1. The van der Waals surface area contributed by atoms with Gasteiger partial charge in [-0.15, -0.1) is 0 Å². The summed E-state index contributed by atoms with van der Waals surface area (Å²) in [4.78, 5) is 39.9. The Kier molecular flexibility index (Phi) is 6.21. The van der Waals surface area contributed by atoms with E-state index >= 15 is 0 Å². The van der Waals surface area contributed by atoms with Crippen LogP contribution in [0.25, 0.3) is 0 Å². The number of rotatable bonds is 4. The molecule has 146 valence electrons. The molecule has 2 saturated heterocycles.